The van der Waals surface area contributed by atoms with Crippen molar-refractivity contribution in [2.75, 3.05) is 13.7 Å². The number of hydrogen-bond donors (Lipinski definition) is 1. The van der Waals surface area contributed by atoms with E-state index in [0.29, 0.717) is 6.42 Å². The van der Waals surface area contributed by atoms with Gasteiger partial charge in [0.1, 0.15) is 5.75 Å². The normalized spacial score (nSPS) is 14.7. The van der Waals surface area contributed by atoms with Crippen LogP contribution >= 0.6 is 0 Å². The molecule has 5 nitrogen and oxygen atoms in total. The van der Waals surface area contributed by atoms with Crippen LogP contribution in [0.1, 0.15) is 37.7 Å². The summed E-state index contributed by atoms with van der Waals surface area (Å²) >= 11 is 0. The number of hydrogen-bond acceptors (Lipinski definition) is 3. The van der Waals surface area contributed by atoms with E-state index in [2.05, 4.69) is 0 Å². The maximum Gasteiger partial charge on any atom is 0.321 e. The first-order chi connectivity index (χ1) is 11.1. The van der Waals surface area contributed by atoms with Gasteiger partial charge in [-0.15, -0.1) is 0 Å². The maximum absolute atomic E-state index is 11.6. The van der Waals surface area contributed by atoms with Crippen molar-refractivity contribution in [2.45, 2.75) is 38.5 Å². The van der Waals surface area contributed by atoms with E-state index in [9.17, 15) is 9.59 Å². The molecule has 1 aromatic rings. The zero-order chi connectivity index (χ0) is 16.7. The fourth-order valence-corrected chi connectivity index (χ4v) is 2.81. The number of primary amides is 1. The first-order valence-electron chi connectivity index (χ1n) is 8.18. The van der Waals surface area contributed by atoms with E-state index < -0.39 is 11.9 Å². The van der Waals surface area contributed by atoms with Crippen molar-refractivity contribution in [2.24, 2.45) is 11.7 Å². The van der Waals surface area contributed by atoms with Gasteiger partial charge in [-0.3, -0.25) is 9.69 Å². The molecule has 1 fully saturated rings. The lowest BCUT2D eigenvalue weighted by molar-refractivity contribution is -0.123. The molecule has 1 aliphatic carbocycles. The molecule has 1 saturated carbocycles. The van der Waals surface area contributed by atoms with Crippen molar-refractivity contribution in [1.82, 2.24) is 4.90 Å². The number of rotatable bonds is 7. The van der Waals surface area contributed by atoms with Crippen LogP contribution in [0.5, 0.6) is 5.75 Å². The number of carbonyl (C=O) groups is 2. The first-order valence-corrected chi connectivity index (χ1v) is 8.18. The van der Waals surface area contributed by atoms with Gasteiger partial charge in [0.15, 0.2) is 0 Å². The molecule has 0 atom stereocenters. The minimum absolute atomic E-state index is 0.394. The fraction of sp³-hybridized carbons (Fsp3) is 0.500. The molecule has 0 saturated heterocycles. The summed E-state index contributed by atoms with van der Waals surface area (Å²) in [5.74, 6) is 1.29. The highest BCUT2D eigenvalue weighted by atomic mass is 16.5. The van der Waals surface area contributed by atoms with Gasteiger partial charge < -0.3 is 10.5 Å². The molecule has 5 heteroatoms. The van der Waals surface area contributed by atoms with Crippen LogP contribution in [0, 0.1) is 12.3 Å². The number of urea groups is 1. The molecular weight excluding hydrogens is 292 g/mol. The number of nitrogens with two attached hydrogens (primary N) is 1. The van der Waals surface area contributed by atoms with Gasteiger partial charge >= 0.3 is 6.03 Å². The van der Waals surface area contributed by atoms with E-state index >= 15 is 0 Å². The minimum Gasteiger partial charge on any atom is -0.494 e. The molecule has 0 aliphatic heterocycles. The van der Waals surface area contributed by atoms with Crippen LogP contribution in [0.15, 0.2) is 24.3 Å². The van der Waals surface area contributed by atoms with Gasteiger partial charge in [-0.2, -0.15) is 0 Å². The van der Waals surface area contributed by atoms with Crippen LogP contribution in [0.4, 0.5) is 4.79 Å². The van der Waals surface area contributed by atoms with E-state index in [1.54, 1.807) is 0 Å². The number of ether oxygens (including phenoxy) is 1. The predicted octanol–water partition coefficient (Wildman–Crippen LogP) is 2.93. The minimum atomic E-state index is -0.753. The number of carbonyl (C=O) groups excluding carboxylic acids is 2. The van der Waals surface area contributed by atoms with Crippen molar-refractivity contribution in [3.63, 3.8) is 0 Å². The third kappa shape index (κ3) is 5.58. The van der Waals surface area contributed by atoms with Crippen LogP contribution in [-0.2, 0) is 11.2 Å². The molecule has 2 rings (SSSR count). The largest absolute Gasteiger partial charge is 0.494 e. The maximum atomic E-state index is 11.6. The molecule has 3 amide bonds. The number of imide groups is 1. The van der Waals surface area contributed by atoms with Gasteiger partial charge in [-0.25, -0.2) is 4.79 Å². The lowest BCUT2D eigenvalue weighted by atomic mass is 10.1. The third-order valence-corrected chi connectivity index (χ3v) is 4.37. The SMILES string of the molecule is CN(C(N)=O)C(=O)[CH]Cc1ccc(OCCC2CCCC2)cc1. The summed E-state index contributed by atoms with van der Waals surface area (Å²) in [6, 6.07) is 6.94. The van der Waals surface area contributed by atoms with Crippen LogP contribution in [-0.4, -0.2) is 30.5 Å². The van der Waals surface area contributed by atoms with Crippen molar-refractivity contribution in [3.8, 4) is 5.75 Å². The summed E-state index contributed by atoms with van der Waals surface area (Å²) in [6.45, 7) is 0.762. The second kappa shape index (κ2) is 8.56. The highest BCUT2D eigenvalue weighted by Gasteiger charge is 2.15. The third-order valence-electron chi connectivity index (χ3n) is 4.37. The van der Waals surface area contributed by atoms with Crippen molar-refractivity contribution >= 4 is 11.9 Å². The quantitative estimate of drug-likeness (QED) is 0.840. The molecule has 2 N–H and O–H groups in total. The monoisotopic (exact) mass is 317 g/mol. The standard InChI is InChI=1S/C18H25N2O3/c1-20(18(19)22)17(21)11-8-15-6-9-16(10-7-15)23-13-12-14-4-2-3-5-14/h6-7,9-11,14H,2-5,8,12-13H2,1H3,(H2,19,22). The fourth-order valence-electron chi connectivity index (χ4n) is 2.81. The van der Waals surface area contributed by atoms with E-state index in [1.165, 1.54) is 39.2 Å². The second-order valence-electron chi connectivity index (χ2n) is 6.08. The average Bonchev–Trinajstić information content (AvgIpc) is 3.06. The highest BCUT2D eigenvalue weighted by Crippen LogP contribution is 2.27. The Hall–Kier alpha value is -2.04. The van der Waals surface area contributed by atoms with Crippen LogP contribution in [0.3, 0.4) is 0 Å². The van der Waals surface area contributed by atoms with Gasteiger partial charge in [-0.1, -0.05) is 37.8 Å². The van der Waals surface area contributed by atoms with Crippen LogP contribution in [0.25, 0.3) is 0 Å². The summed E-state index contributed by atoms with van der Waals surface area (Å²) in [6.07, 6.45) is 8.43. The van der Waals surface area contributed by atoms with E-state index in [4.69, 9.17) is 10.5 Å². The summed E-state index contributed by atoms with van der Waals surface area (Å²) < 4.78 is 5.77. The summed E-state index contributed by atoms with van der Waals surface area (Å²) in [5.41, 5.74) is 6.03. The van der Waals surface area contributed by atoms with E-state index in [-0.39, 0.29) is 0 Å². The van der Waals surface area contributed by atoms with E-state index in [1.807, 2.05) is 24.3 Å². The molecule has 1 aliphatic rings. The Bertz CT molecular complexity index is 522. The Morgan fingerprint density at radius 2 is 1.91 bits per heavy atom. The molecule has 125 valence electrons. The molecule has 0 heterocycles. The van der Waals surface area contributed by atoms with E-state index in [0.717, 1.165) is 35.2 Å². The zero-order valence-corrected chi connectivity index (χ0v) is 13.7. The first kappa shape index (κ1) is 17.3. The summed E-state index contributed by atoms with van der Waals surface area (Å²) in [5, 5.41) is 0. The summed E-state index contributed by atoms with van der Waals surface area (Å²) in [7, 11) is 1.36. The van der Waals surface area contributed by atoms with Crippen molar-refractivity contribution < 1.29 is 14.3 Å². The molecule has 0 aromatic heterocycles. The number of amides is 3. The average molecular weight is 317 g/mol. The van der Waals surface area contributed by atoms with Crippen molar-refractivity contribution in [1.29, 1.82) is 0 Å². The van der Waals surface area contributed by atoms with Gasteiger partial charge in [0.2, 0.25) is 5.91 Å². The number of nitrogens with zero attached hydrogens (tertiary/aromatic N) is 1. The van der Waals surface area contributed by atoms with Gasteiger partial charge in [-0.05, 0) is 36.5 Å². The van der Waals surface area contributed by atoms with Gasteiger partial charge in [0.05, 0.1) is 13.0 Å². The summed E-state index contributed by atoms with van der Waals surface area (Å²) in [4.78, 5) is 23.4. The Balaban J connectivity index is 1.71. The topological polar surface area (TPSA) is 72.6 Å². The predicted molar refractivity (Wildman–Crippen MR) is 88.9 cm³/mol. The second-order valence-corrected chi connectivity index (χ2v) is 6.08. The Morgan fingerprint density at radius 3 is 2.52 bits per heavy atom. The molecule has 1 aromatic carbocycles. The Labute approximate surface area is 137 Å². The molecule has 1 radical (unpaired) electrons. The van der Waals surface area contributed by atoms with Crippen molar-refractivity contribution in [3.05, 3.63) is 36.2 Å². The lowest BCUT2D eigenvalue weighted by Gasteiger charge is -2.12. The Kier molecular flexibility index (Phi) is 6.44. The zero-order valence-electron chi connectivity index (χ0n) is 13.7. The number of benzene rings is 1. The highest BCUT2D eigenvalue weighted by molar-refractivity contribution is 5.97. The molecule has 0 spiro atoms. The molecule has 0 unspecified atom stereocenters. The molecule has 23 heavy (non-hydrogen) atoms. The van der Waals surface area contributed by atoms with Crippen LogP contribution in [0.2, 0.25) is 0 Å². The van der Waals surface area contributed by atoms with Crippen LogP contribution < -0.4 is 10.5 Å². The van der Waals surface area contributed by atoms with Gasteiger partial charge in [0.25, 0.3) is 0 Å². The van der Waals surface area contributed by atoms with Gasteiger partial charge in [0, 0.05) is 7.05 Å². The molecular formula is C18H25N2O3. The smallest absolute Gasteiger partial charge is 0.321 e. The Morgan fingerprint density at radius 1 is 1.26 bits per heavy atom. The lowest BCUT2D eigenvalue weighted by Crippen LogP contribution is -2.37. The molecule has 0 bridgehead atoms.